The van der Waals surface area contributed by atoms with Gasteiger partial charge < -0.3 is 15.7 Å². The van der Waals surface area contributed by atoms with E-state index in [2.05, 4.69) is 0 Å². The van der Waals surface area contributed by atoms with Gasteiger partial charge in [0.15, 0.2) is 0 Å². The molecule has 18 heavy (non-hydrogen) atoms. The fourth-order valence-corrected chi connectivity index (χ4v) is 1.98. The number of hydrogen-bond acceptors (Lipinski definition) is 3. The zero-order chi connectivity index (χ0) is 13.9. The predicted octanol–water partition coefficient (Wildman–Crippen LogP) is -0.180. The number of rotatable bonds is 5. The summed E-state index contributed by atoms with van der Waals surface area (Å²) in [6.45, 7) is -1.29. The van der Waals surface area contributed by atoms with E-state index >= 15 is 0 Å². The van der Waals surface area contributed by atoms with Gasteiger partial charge in [-0.05, 0) is 6.42 Å². The van der Waals surface area contributed by atoms with Crippen LogP contribution in [0.5, 0.6) is 0 Å². The summed E-state index contributed by atoms with van der Waals surface area (Å²) in [4.78, 5) is 33.8. The van der Waals surface area contributed by atoms with Crippen LogP contribution in [0.25, 0.3) is 0 Å². The summed E-state index contributed by atoms with van der Waals surface area (Å²) in [5.41, 5.74) is 4.88. The third-order valence-corrected chi connectivity index (χ3v) is 2.74. The van der Waals surface area contributed by atoms with Crippen LogP contribution in [-0.4, -0.2) is 46.8 Å². The van der Waals surface area contributed by atoms with Gasteiger partial charge in [0, 0.05) is 18.8 Å². The predicted molar refractivity (Wildman–Crippen MR) is 55.7 cm³/mol. The maximum absolute atomic E-state index is 13.0. The normalized spacial score (nSPS) is 21.6. The molecule has 0 aromatic carbocycles. The number of carbonyl (C=O) groups excluding carboxylic acids is 2. The lowest BCUT2D eigenvalue weighted by Gasteiger charge is -2.22. The van der Waals surface area contributed by atoms with Crippen LogP contribution in [0.3, 0.4) is 0 Å². The lowest BCUT2D eigenvalue weighted by molar-refractivity contribution is -0.147. The van der Waals surface area contributed by atoms with Crippen LogP contribution in [-0.2, 0) is 14.4 Å². The molecule has 1 rings (SSSR count). The highest BCUT2D eigenvalue weighted by molar-refractivity contribution is 5.88. The molecular weight excluding hydrogens is 250 g/mol. The summed E-state index contributed by atoms with van der Waals surface area (Å²) < 4.78 is 25.9. The van der Waals surface area contributed by atoms with Crippen molar-refractivity contribution >= 4 is 17.8 Å². The van der Waals surface area contributed by atoms with Crippen molar-refractivity contribution in [3.8, 4) is 0 Å². The Balaban J connectivity index is 2.70. The Morgan fingerprint density at radius 3 is 2.33 bits per heavy atom. The Hall–Kier alpha value is -1.73. The number of primary amides is 1. The third-order valence-electron chi connectivity index (χ3n) is 2.74. The SMILES string of the molecule is NC(=O)CN(CC(=O)O)C(=O)C1CCC(F)(F)C1. The maximum atomic E-state index is 13.0. The molecule has 0 saturated heterocycles. The quantitative estimate of drug-likeness (QED) is 0.719. The minimum atomic E-state index is -2.90. The molecule has 0 heterocycles. The van der Waals surface area contributed by atoms with Crippen molar-refractivity contribution in [2.45, 2.75) is 25.2 Å². The van der Waals surface area contributed by atoms with E-state index in [0.29, 0.717) is 4.90 Å². The number of halogens is 2. The van der Waals surface area contributed by atoms with Gasteiger partial charge in [0.25, 0.3) is 0 Å². The summed E-state index contributed by atoms with van der Waals surface area (Å²) in [6.07, 6.45) is -1.03. The summed E-state index contributed by atoms with van der Waals surface area (Å²) >= 11 is 0. The second kappa shape index (κ2) is 5.28. The van der Waals surface area contributed by atoms with E-state index in [1.807, 2.05) is 0 Å². The van der Waals surface area contributed by atoms with Gasteiger partial charge in [-0.15, -0.1) is 0 Å². The molecule has 1 unspecified atom stereocenters. The molecule has 1 fully saturated rings. The topological polar surface area (TPSA) is 101 Å². The second-order valence-electron chi connectivity index (χ2n) is 4.35. The lowest BCUT2D eigenvalue weighted by Crippen LogP contribution is -2.44. The van der Waals surface area contributed by atoms with Gasteiger partial charge in [0.05, 0.1) is 6.54 Å². The number of amides is 2. The molecule has 0 aliphatic heterocycles. The van der Waals surface area contributed by atoms with Crippen LogP contribution in [0.15, 0.2) is 0 Å². The monoisotopic (exact) mass is 264 g/mol. The van der Waals surface area contributed by atoms with Crippen LogP contribution < -0.4 is 5.73 Å². The van der Waals surface area contributed by atoms with Gasteiger partial charge in [0.2, 0.25) is 17.7 Å². The number of nitrogens with zero attached hydrogens (tertiary/aromatic N) is 1. The Kier molecular flexibility index (Phi) is 4.20. The van der Waals surface area contributed by atoms with E-state index in [4.69, 9.17) is 10.8 Å². The van der Waals surface area contributed by atoms with Gasteiger partial charge in [-0.2, -0.15) is 0 Å². The molecule has 1 saturated carbocycles. The van der Waals surface area contributed by atoms with Crippen molar-refractivity contribution in [1.29, 1.82) is 0 Å². The second-order valence-corrected chi connectivity index (χ2v) is 4.35. The average Bonchev–Trinajstić information content (AvgIpc) is 2.55. The van der Waals surface area contributed by atoms with E-state index in [1.165, 1.54) is 0 Å². The molecule has 1 atom stereocenters. The number of hydrogen-bond donors (Lipinski definition) is 2. The molecule has 0 radical (unpaired) electrons. The third kappa shape index (κ3) is 3.94. The van der Waals surface area contributed by atoms with Gasteiger partial charge in [0.1, 0.15) is 6.54 Å². The van der Waals surface area contributed by atoms with Crippen LogP contribution in [0.1, 0.15) is 19.3 Å². The van der Waals surface area contributed by atoms with Crippen molar-refractivity contribution in [2.24, 2.45) is 11.7 Å². The molecule has 6 nitrogen and oxygen atoms in total. The Morgan fingerprint density at radius 2 is 1.94 bits per heavy atom. The lowest BCUT2D eigenvalue weighted by atomic mass is 10.1. The number of carboxylic acids is 1. The first kappa shape index (κ1) is 14.3. The summed E-state index contributed by atoms with van der Waals surface area (Å²) in [6, 6.07) is 0. The fourth-order valence-electron chi connectivity index (χ4n) is 1.98. The molecular formula is C10H14F2N2O4. The van der Waals surface area contributed by atoms with Crippen molar-refractivity contribution in [2.75, 3.05) is 13.1 Å². The average molecular weight is 264 g/mol. The first-order valence-electron chi connectivity index (χ1n) is 5.38. The maximum Gasteiger partial charge on any atom is 0.323 e. The van der Waals surface area contributed by atoms with Gasteiger partial charge in [-0.25, -0.2) is 8.78 Å². The van der Waals surface area contributed by atoms with E-state index in [1.54, 1.807) is 0 Å². The molecule has 8 heteroatoms. The van der Waals surface area contributed by atoms with E-state index in [9.17, 15) is 23.2 Å². The Labute approximate surface area is 102 Å². The summed E-state index contributed by atoms with van der Waals surface area (Å²) in [5.74, 6) is -6.81. The number of carbonyl (C=O) groups is 3. The minimum absolute atomic E-state index is 0.0132. The van der Waals surface area contributed by atoms with Crippen molar-refractivity contribution in [3.63, 3.8) is 0 Å². The molecule has 0 bridgehead atoms. The molecule has 3 N–H and O–H groups in total. The minimum Gasteiger partial charge on any atom is -0.480 e. The van der Waals surface area contributed by atoms with Crippen LogP contribution in [0.4, 0.5) is 8.78 Å². The van der Waals surface area contributed by atoms with Crippen LogP contribution in [0, 0.1) is 5.92 Å². The van der Waals surface area contributed by atoms with E-state index < -0.39 is 55.6 Å². The summed E-state index contributed by atoms with van der Waals surface area (Å²) in [7, 11) is 0. The molecule has 0 spiro atoms. The number of aliphatic carboxylic acids is 1. The molecule has 1 aliphatic carbocycles. The highest BCUT2D eigenvalue weighted by Gasteiger charge is 2.44. The zero-order valence-corrected chi connectivity index (χ0v) is 9.57. The molecule has 0 aromatic rings. The number of carboxylic acid groups (broad SMARTS) is 1. The van der Waals surface area contributed by atoms with Crippen molar-refractivity contribution in [1.82, 2.24) is 4.90 Å². The highest BCUT2D eigenvalue weighted by atomic mass is 19.3. The highest BCUT2D eigenvalue weighted by Crippen LogP contribution is 2.39. The molecule has 1 aliphatic rings. The van der Waals surface area contributed by atoms with Gasteiger partial charge in [-0.3, -0.25) is 14.4 Å². The standard InChI is InChI=1S/C10H14F2N2O4/c11-10(12)2-1-6(3-10)9(18)14(4-7(13)15)5-8(16)17/h6H,1-5H2,(H2,13,15)(H,16,17). The van der Waals surface area contributed by atoms with E-state index in [-0.39, 0.29) is 6.42 Å². The fraction of sp³-hybridized carbons (Fsp3) is 0.700. The zero-order valence-electron chi connectivity index (χ0n) is 9.57. The summed E-state index contributed by atoms with van der Waals surface area (Å²) in [5, 5.41) is 8.60. The number of alkyl halides is 2. The first-order valence-corrected chi connectivity index (χ1v) is 5.38. The van der Waals surface area contributed by atoms with Gasteiger partial charge >= 0.3 is 5.97 Å². The van der Waals surface area contributed by atoms with Crippen LogP contribution >= 0.6 is 0 Å². The smallest absolute Gasteiger partial charge is 0.323 e. The molecule has 2 amide bonds. The van der Waals surface area contributed by atoms with Crippen LogP contribution in [0.2, 0.25) is 0 Å². The van der Waals surface area contributed by atoms with Crippen molar-refractivity contribution in [3.05, 3.63) is 0 Å². The van der Waals surface area contributed by atoms with Gasteiger partial charge in [-0.1, -0.05) is 0 Å². The Bertz CT molecular complexity index is 357. The number of nitrogens with two attached hydrogens (primary N) is 1. The molecule has 0 aromatic heterocycles. The first-order chi connectivity index (χ1) is 8.21. The Morgan fingerprint density at radius 1 is 1.33 bits per heavy atom. The molecule has 102 valence electrons. The largest absolute Gasteiger partial charge is 0.480 e. The van der Waals surface area contributed by atoms with E-state index in [0.717, 1.165) is 0 Å². The van der Waals surface area contributed by atoms with Crippen molar-refractivity contribution < 1.29 is 28.3 Å².